The SMILES string of the molecule is COC(=O)c1cccc2c1CCCN2C(=O)c1ccncc1. The van der Waals surface area contributed by atoms with Crippen LogP contribution in [0.25, 0.3) is 0 Å². The first-order valence-electron chi connectivity index (χ1n) is 7.14. The van der Waals surface area contributed by atoms with E-state index in [1.807, 2.05) is 6.07 Å². The maximum atomic E-state index is 12.7. The van der Waals surface area contributed by atoms with Gasteiger partial charge in [0, 0.05) is 30.2 Å². The molecule has 0 atom stereocenters. The molecule has 2 aromatic rings. The average Bonchev–Trinajstić information content (AvgIpc) is 2.60. The number of nitrogens with zero attached hydrogens (tertiary/aromatic N) is 2. The summed E-state index contributed by atoms with van der Waals surface area (Å²) in [5, 5.41) is 0. The number of amides is 1. The summed E-state index contributed by atoms with van der Waals surface area (Å²) in [4.78, 5) is 30.2. The average molecular weight is 296 g/mol. The third-order valence-electron chi connectivity index (χ3n) is 3.83. The van der Waals surface area contributed by atoms with Crippen molar-refractivity contribution in [3.05, 3.63) is 59.4 Å². The van der Waals surface area contributed by atoms with Gasteiger partial charge in [-0.2, -0.15) is 0 Å². The molecule has 1 aromatic carbocycles. The summed E-state index contributed by atoms with van der Waals surface area (Å²) in [6, 6.07) is 8.79. The number of aromatic nitrogens is 1. The Hall–Kier alpha value is -2.69. The number of fused-ring (bicyclic) bond motifs is 1. The van der Waals surface area contributed by atoms with Crippen molar-refractivity contribution in [2.45, 2.75) is 12.8 Å². The lowest BCUT2D eigenvalue weighted by molar-refractivity contribution is 0.0599. The summed E-state index contributed by atoms with van der Waals surface area (Å²) in [6.45, 7) is 0.638. The molecule has 1 aliphatic rings. The molecule has 5 heteroatoms. The topological polar surface area (TPSA) is 59.5 Å². The first-order valence-corrected chi connectivity index (χ1v) is 7.14. The van der Waals surface area contributed by atoms with Crippen molar-refractivity contribution in [2.24, 2.45) is 0 Å². The van der Waals surface area contributed by atoms with Crippen LogP contribution in [0.3, 0.4) is 0 Å². The van der Waals surface area contributed by atoms with E-state index in [0.717, 1.165) is 24.1 Å². The molecule has 1 aliphatic heterocycles. The molecule has 1 amide bonds. The van der Waals surface area contributed by atoms with Crippen LogP contribution in [0.2, 0.25) is 0 Å². The Bertz CT molecular complexity index is 713. The Labute approximate surface area is 128 Å². The van der Waals surface area contributed by atoms with Gasteiger partial charge in [0.25, 0.3) is 5.91 Å². The maximum absolute atomic E-state index is 12.7. The molecule has 1 aromatic heterocycles. The minimum atomic E-state index is -0.366. The Morgan fingerprint density at radius 1 is 1.18 bits per heavy atom. The van der Waals surface area contributed by atoms with Crippen LogP contribution in [0.4, 0.5) is 5.69 Å². The van der Waals surface area contributed by atoms with E-state index in [2.05, 4.69) is 4.98 Å². The van der Waals surface area contributed by atoms with Crippen molar-refractivity contribution in [2.75, 3.05) is 18.6 Å². The van der Waals surface area contributed by atoms with Gasteiger partial charge < -0.3 is 9.64 Å². The van der Waals surface area contributed by atoms with Crippen LogP contribution < -0.4 is 4.90 Å². The zero-order chi connectivity index (χ0) is 15.5. The lowest BCUT2D eigenvalue weighted by Gasteiger charge is -2.30. The number of hydrogen-bond acceptors (Lipinski definition) is 4. The van der Waals surface area contributed by atoms with Crippen molar-refractivity contribution in [3.63, 3.8) is 0 Å². The van der Waals surface area contributed by atoms with E-state index in [4.69, 9.17) is 4.74 Å². The largest absolute Gasteiger partial charge is 0.465 e. The van der Waals surface area contributed by atoms with Gasteiger partial charge in [-0.3, -0.25) is 9.78 Å². The fourth-order valence-electron chi connectivity index (χ4n) is 2.79. The standard InChI is InChI=1S/C17H16N2O3/c1-22-17(21)14-4-2-6-15-13(14)5-3-11-19(15)16(20)12-7-9-18-10-8-12/h2,4,6-10H,3,5,11H2,1H3. The first kappa shape index (κ1) is 14.3. The van der Waals surface area contributed by atoms with Gasteiger partial charge in [-0.05, 0) is 42.7 Å². The number of ether oxygens (including phenoxy) is 1. The van der Waals surface area contributed by atoms with E-state index >= 15 is 0 Å². The number of methoxy groups -OCH3 is 1. The molecule has 5 nitrogen and oxygen atoms in total. The molecule has 0 radical (unpaired) electrons. The van der Waals surface area contributed by atoms with E-state index < -0.39 is 0 Å². The van der Waals surface area contributed by atoms with Gasteiger partial charge in [0.15, 0.2) is 0 Å². The number of esters is 1. The molecule has 0 saturated heterocycles. The lowest BCUT2D eigenvalue weighted by Crippen LogP contribution is -2.36. The van der Waals surface area contributed by atoms with Gasteiger partial charge in [-0.25, -0.2) is 4.79 Å². The number of hydrogen-bond donors (Lipinski definition) is 0. The van der Waals surface area contributed by atoms with Gasteiger partial charge in [0.05, 0.1) is 12.7 Å². The number of carbonyl (C=O) groups excluding carboxylic acids is 2. The Kier molecular flexibility index (Phi) is 3.87. The molecular formula is C17H16N2O3. The lowest BCUT2D eigenvalue weighted by atomic mass is 9.95. The summed E-state index contributed by atoms with van der Waals surface area (Å²) in [5.41, 5.74) is 2.79. The van der Waals surface area contributed by atoms with Crippen LogP contribution in [0, 0.1) is 0 Å². The third kappa shape index (κ3) is 2.45. The Balaban J connectivity index is 2.02. The van der Waals surface area contributed by atoms with Crippen LogP contribution in [0.1, 0.15) is 32.7 Å². The van der Waals surface area contributed by atoms with Crippen molar-refractivity contribution < 1.29 is 14.3 Å². The predicted octanol–water partition coefficient (Wildman–Crippen LogP) is 2.46. The zero-order valence-electron chi connectivity index (χ0n) is 12.3. The second kappa shape index (κ2) is 5.97. The fraction of sp³-hybridized carbons (Fsp3) is 0.235. The molecule has 0 bridgehead atoms. The van der Waals surface area contributed by atoms with Gasteiger partial charge >= 0.3 is 5.97 Å². The van der Waals surface area contributed by atoms with Crippen LogP contribution in [-0.4, -0.2) is 30.5 Å². The van der Waals surface area contributed by atoms with E-state index in [0.29, 0.717) is 17.7 Å². The highest BCUT2D eigenvalue weighted by atomic mass is 16.5. The van der Waals surface area contributed by atoms with E-state index in [9.17, 15) is 9.59 Å². The van der Waals surface area contributed by atoms with Crippen molar-refractivity contribution in [3.8, 4) is 0 Å². The van der Waals surface area contributed by atoms with Crippen LogP contribution >= 0.6 is 0 Å². The molecule has 112 valence electrons. The quantitative estimate of drug-likeness (QED) is 0.799. The minimum absolute atomic E-state index is 0.0784. The van der Waals surface area contributed by atoms with E-state index in [-0.39, 0.29) is 11.9 Å². The number of benzene rings is 1. The summed E-state index contributed by atoms with van der Waals surface area (Å²) in [6.07, 6.45) is 4.78. The molecule has 3 rings (SSSR count). The first-order chi connectivity index (χ1) is 10.7. The van der Waals surface area contributed by atoms with Gasteiger partial charge in [-0.1, -0.05) is 6.07 Å². The second-order valence-corrected chi connectivity index (χ2v) is 5.09. The highest BCUT2D eigenvalue weighted by Crippen LogP contribution is 2.31. The summed E-state index contributed by atoms with van der Waals surface area (Å²) >= 11 is 0. The molecule has 0 aliphatic carbocycles. The van der Waals surface area contributed by atoms with Gasteiger partial charge in [0.1, 0.15) is 0 Å². The molecule has 0 unspecified atom stereocenters. The van der Waals surface area contributed by atoms with Crippen molar-refractivity contribution in [1.82, 2.24) is 4.98 Å². The number of anilines is 1. The van der Waals surface area contributed by atoms with Gasteiger partial charge in [0.2, 0.25) is 0 Å². The number of rotatable bonds is 2. The summed E-state index contributed by atoms with van der Waals surface area (Å²) in [5.74, 6) is -0.444. The van der Waals surface area contributed by atoms with Crippen LogP contribution in [0.5, 0.6) is 0 Å². The number of carbonyl (C=O) groups is 2. The fourth-order valence-corrected chi connectivity index (χ4v) is 2.79. The normalized spacial score (nSPS) is 13.4. The highest BCUT2D eigenvalue weighted by molar-refractivity contribution is 6.07. The number of pyridine rings is 1. The van der Waals surface area contributed by atoms with E-state index in [1.54, 1.807) is 41.6 Å². The Morgan fingerprint density at radius 3 is 2.68 bits per heavy atom. The maximum Gasteiger partial charge on any atom is 0.338 e. The molecule has 2 heterocycles. The second-order valence-electron chi connectivity index (χ2n) is 5.09. The molecule has 0 fully saturated rings. The third-order valence-corrected chi connectivity index (χ3v) is 3.83. The molecule has 0 saturated carbocycles. The molecule has 0 N–H and O–H groups in total. The summed E-state index contributed by atoms with van der Waals surface area (Å²) in [7, 11) is 1.37. The molecule has 0 spiro atoms. The summed E-state index contributed by atoms with van der Waals surface area (Å²) < 4.78 is 4.83. The monoisotopic (exact) mass is 296 g/mol. The van der Waals surface area contributed by atoms with Crippen LogP contribution in [-0.2, 0) is 11.2 Å². The van der Waals surface area contributed by atoms with Crippen molar-refractivity contribution >= 4 is 17.6 Å². The smallest absolute Gasteiger partial charge is 0.338 e. The van der Waals surface area contributed by atoms with E-state index in [1.165, 1.54) is 7.11 Å². The van der Waals surface area contributed by atoms with Crippen LogP contribution in [0.15, 0.2) is 42.7 Å². The molecule has 22 heavy (non-hydrogen) atoms. The molecular weight excluding hydrogens is 280 g/mol. The predicted molar refractivity (Wildman–Crippen MR) is 82.0 cm³/mol. The van der Waals surface area contributed by atoms with Gasteiger partial charge in [-0.15, -0.1) is 0 Å². The van der Waals surface area contributed by atoms with Crippen molar-refractivity contribution in [1.29, 1.82) is 0 Å². The highest BCUT2D eigenvalue weighted by Gasteiger charge is 2.26. The minimum Gasteiger partial charge on any atom is -0.465 e. The zero-order valence-corrected chi connectivity index (χ0v) is 12.3. The Morgan fingerprint density at radius 2 is 1.95 bits per heavy atom.